The van der Waals surface area contributed by atoms with Gasteiger partial charge in [-0.15, -0.1) is 0 Å². The minimum absolute atomic E-state index is 0.0150. The van der Waals surface area contributed by atoms with Crippen LogP contribution in [0.25, 0.3) is 5.69 Å². The van der Waals surface area contributed by atoms with Gasteiger partial charge in [0.25, 0.3) is 15.9 Å². The summed E-state index contributed by atoms with van der Waals surface area (Å²) in [4.78, 5) is 13.2. The monoisotopic (exact) mass is 488 g/mol. The van der Waals surface area contributed by atoms with Gasteiger partial charge in [-0.25, -0.2) is 13.1 Å². The van der Waals surface area contributed by atoms with Crippen LogP contribution in [0.2, 0.25) is 0 Å². The molecule has 1 aromatic heterocycles. The maximum Gasteiger partial charge on any atom is 0.276 e. The smallest absolute Gasteiger partial charge is 0.276 e. The lowest BCUT2D eigenvalue weighted by Gasteiger charge is -2.12. The Bertz CT molecular complexity index is 1500. The number of amides is 1. The second-order valence-electron chi connectivity index (χ2n) is 8.16. The predicted molar refractivity (Wildman–Crippen MR) is 134 cm³/mol. The number of rotatable bonds is 7. The molecular weight excluding hydrogens is 464 g/mol. The zero-order valence-corrected chi connectivity index (χ0v) is 19.9. The van der Waals surface area contributed by atoms with E-state index in [1.165, 1.54) is 19.2 Å². The molecule has 0 bridgehead atoms. The largest absolute Gasteiger partial charge is 0.495 e. The lowest BCUT2D eigenvalue weighted by Crippen LogP contribution is -2.16. The number of nitrogens with zero attached hydrogens (tertiary/aromatic N) is 2. The molecule has 0 radical (unpaired) electrons. The van der Waals surface area contributed by atoms with Crippen LogP contribution in [0.5, 0.6) is 5.75 Å². The highest BCUT2D eigenvalue weighted by Gasteiger charge is 2.27. The van der Waals surface area contributed by atoms with Gasteiger partial charge in [-0.1, -0.05) is 36.4 Å². The van der Waals surface area contributed by atoms with Crippen molar-refractivity contribution in [3.8, 4) is 11.4 Å². The van der Waals surface area contributed by atoms with Crippen LogP contribution in [0.15, 0.2) is 83.8 Å². The number of fused-ring (bicyclic) bond motifs is 1. The second-order valence-corrected chi connectivity index (χ2v) is 9.84. The minimum atomic E-state index is -3.91. The fourth-order valence-electron chi connectivity index (χ4n) is 4.27. The first-order valence-electron chi connectivity index (χ1n) is 11.2. The molecule has 1 amide bonds. The summed E-state index contributed by atoms with van der Waals surface area (Å²) in [5.74, 6) is 0.0356. The summed E-state index contributed by atoms with van der Waals surface area (Å²) >= 11 is 0. The minimum Gasteiger partial charge on any atom is -0.495 e. The van der Waals surface area contributed by atoms with Crippen LogP contribution in [0.3, 0.4) is 0 Å². The molecule has 2 N–H and O–H groups in total. The highest BCUT2D eigenvalue weighted by Crippen LogP contribution is 2.29. The third-order valence-corrected chi connectivity index (χ3v) is 7.26. The molecule has 0 unspecified atom stereocenters. The van der Waals surface area contributed by atoms with Gasteiger partial charge in [0.05, 0.1) is 23.4 Å². The van der Waals surface area contributed by atoms with Crippen molar-refractivity contribution < 1.29 is 17.9 Å². The Labute approximate surface area is 203 Å². The summed E-state index contributed by atoms with van der Waals surface area (Å²) in [6.45, 7) is 0. The van der Waals surface area contributed by atoms with E-state index in [9.17, 15) is 13.2 Å². The van der Waals surface area contributed by atoms with E-state index in [0.717, 1.165) is 36.2 Å². The quantitative estimate of drug-likeness (QED) is 0.401. The SMILES string of the molecule is COc1ccccc1NS(=O)(=O)c1cccc(NC(=O)c2nn(-c3ccccc3)c3c2CCC3)c1. The van der Waals surface area contributed by atoms with Crippen LogP contribution in [-0.2, 0) is 22.9 Å². The summed E-state index contributed by atoms with van der Waals surface area (Å²) < 4.78 is 35.6. The van der Waals surface area contributed by atoms with Crippen LogP contribution in [0, 0.1) is 0 Å². The van der Waals surface area contributed by atoms with Crippen LogP contribution >= 0.6 is 0 Å². The standard InChI is InChI=1S/C26H24N4O4S/c1-34-24-16-6-5-14-22(24)29-35(32,33)20-12-7-9-18(17-20)27-26(31)25-21-13-8-15-23(21)30(28-25)19-10-3-2-4-11-19/h2-7,9-12,14,16-17,29H,8,13,15H2,1H3,(H,27,31). The summed E-state index contributed by atoms with van der Waals surface area (Å²) in [6, 6.07) is 22.6. The third kappa shape index (κ3) is 4.50. The number of ether oxygens (including phenoxy) is 1. The molecule has 1 heterocycles. The Balaban J connectivity index is 1.40. The molecule has 8 nitrogen and oxygen atoms in total. The van der Waals surface area contributed by atoms with E-state index >= 15 is 0 Å². The molecule has 0 saturated heterocycles. The van der Waals surface area contributed by atoms with Crippen molar-refractivity contribution >= 4 is 27.3 Å². The van der Waals surface area contributed by atoms with Crippen LogP contribution in [-0.4, -0.2) is 31.2 Å². The number of methoxy groups -OCH3 is 1. The number of carbonyl (C=O) groups excluding carboxylic acids is 1. The van der Waals surface area contributed by atoms with Gasteiger partial charge in [-0.3, -0.25) is 9.52 Å². The number of para-hydroxylation sites is 3. The Kier molecular flexibility index (Phi) is 6.00. The number of carbonyl (C=O) groups is 1. The van der Waals surface area contributed by atoms with Gasteiger partial charge in [0.2, 0.25) is 0 Å². The molecule has 5 rings (SSSR count). The second kappa shape index (κ2) is 9.27. The number of benzene rings is 3. The highest BCUT2D eigenvalue weighted by molar-refractivity contribution is 7.92. The maximum atomic E-state index is 13.2. The number of sulfonamides is 1. The van der Waals surface area contributed by atoms with Crippen LogP contribution < -0.4 is 14.8 Å². The van der Waals surface area contributed by atoms with Crippen molar-refractivity contribution in [2.75, 3.05) is 17.1 Å². The van der Waals surface area contributed by atoms with E-state index in [1.54, 1.807) is 36.4 Å². The van der Waals surface area contributed by atoms with Crippen molar-refractivity contribution in [1.82, 2.24) is 9.78 Å². The topological polar surface area (TPSA) is 102 Å². The first-order chi connectivity index (χ1) is 17.0. The van der Waals surface area contributed by atoms with Gasteiger partial charge < -0.3 is 10.1 Å². The van der Waals surface area contributed by atoms with E-state index in [-0.39, 0.29) is 10.8 Å². The van der Waals surface area contributed by atoms with Crippen molar-refractivity contribution in [1.29, 1.82) is 0 Å². The third-order valence-electron chi connectivity index (χ3n) is 5.90. The molecule has 1 aliphatic carbocycles. The fourth-order valence-corrected chi connectivity index (χ4v) is 5.38. The van der Waals surface area contributed by atoms with Gasteiger partial charge in [0.1, 0.15) is 5.75 Å². The van der Waals surface area contributed by atoms with Crippen LogP contribution in [0.1, 0.15) is 28.2 Å². The van der Waals surface area contributed by atoms with Gasteiger partial charge in [-0.05, 0) is 61.7 Å². The van der Waals surface area contributed by atoms with Gasteiger partial charge >= 0.3 is 0 Å². The van der Waals surface area contributed by atoms with Crippen LogP contribution in [0.4, 0.5) is 11.4 Å². The maximum absolute atomic E-state index is 13.2. The Morgan fingerprint density at radius 1 is 0.971 bits per heavy atom. The van der Waals surface area contributed by atoms with E-state index < -0.39 is 10.0 Å². The molecule has 0 atom stereocenters. The predicted octanol–water partition coefficient (Wildman–Crippen LogP) is 4.42. The van der Waals surface area contributed by atoms with Crippen molar-refractivity contribution in [2.45, 2.75) is 24.2 Å². The molecule has 1 aliphatic rings. The summed E-state index contributed by atoms with van der Waals surface area (Å²) in [6.07, 6.45) is 2.59. The number of nitrogens with one attached hydrogen (secondary N) is 2. The lowest BCUT2D eigenvalue weighted by atomic mass is 10.2. The van der Waals surface area contributed by atoms with E-state index in [2.05, 4.69) is 15.1 Å². The molecule has 4 aromatic rings. The van der Waals surface area contributed by atoms with Gasteiger partial charge in [0, 0.05) is 16.9 Å². The first-order valence-corrected chi connectivity index (χ1v) is 12.7. The number of anilines is 2. The number of hydrogen-bond donors (Lipinski definition) is 2. The van der Waals surface area contributed by atoms with Crippen molar-refractivity contribution in [3.63, 3.8) is 0 Å². The molecule has 0 spiro atoms. The summed E-state index contributed by atoms with van der Waals surface area (Å²) in [5, 5.41) is 7.42. The molecule has 0 fully saturated rings. The summed E-state index contributed by atoms with van der Waals surface area (Å²) in [5.41, 5.74) is 3.93. The van der Waals surface area contributed by atoms with Gasteiger partial charge in [0.15, 0.2) is 5.69 Å². The molecular formula is C26H24N4O4S. The zero-order chi connectivity index (χ0) is 24.4. The molecule has 35 heavy (non-hydrogen) atoms. The first kappa shape index (κ1) is 22.7. The number of aromatic nitrogens is 2. The zero-order valence-electron chi connectivity index (χ0n) is 19.1. The Morgan fingerprint density at radius 2 is 1.74 bits per heavy atom. The van der Waals surface area contributed by atoms with Gasteiger partial charge in [-0.2, -0.15) is 5.10 Å². The molecule has 3 aromatic carbocycles. The molecule has 9 heteroatoms. The number of hydrogen-bond acceptors (Lipinski definition) is 5. The highest BCUT2D eigenvalue weighted by atomic mass is 32.2. The van der Waals surface area contributed by atoms with Crippen molar-refractivity contribution in [2.24, 2.45) is 0 Å². The fraction of sp³-hybridized carbons (Fsp3) is 0.154. The normalized spacial score (nSPS) is 12.7. The van der Waals surface area contributed by atoms with E-state index in [4.69, 9.17) is 4.74 Å². The van der Waals surface area contributed by atoms with E-state index in [0.29, 0.717) is 22.8 Å². The Morgan fingerprint density at radius 3 is 2.54 bits per heavy atom. The molecule has 0 aliphatic heterocycles. The average Bonchev–Trinajstić information content (AvgIpc) is 3.48. The van der Waals surface area contributed by atoms with E-state index in [1.807, 2.05) is 35.0 Å². The summed E-state index contributed by atoms with van der Waals surface area (Å²) in [7, 11) is -2.44. The average molecular weight is 489 g/mol. The lowest BCUT2D eigenvalue weighted by molar-refractivity contribution is 0.102. The molecule has 178 valence electrons. The Hall–Kier alpha value is -4.11. The van der Waals surface area contributed by atoms with Crippen molar-refractivity contribution in [3.05, 3.63) is 95.8 Å². The molecule has 0 saturated carbocycles.